The number of carbonyl (C=O) groups is 2. The molecule has 23 heavy (non-hydrogen) atoms. The number of unbranched alkanes of at least 4 members (excludes halogenated alkanes) is 12. The van der Waals surface area contributed by atoms with Crippen LogP contribution in [-0.4, -0.2) is 16.9 Å². The van der Waals surface area contributed by atoms with Crippen molar-refractivity contribution in [3.8, 4) is 0 Å². The molecule has 0 aliphatic rings. The van der Waals surface area contributed by atoms with Crippen molar-refractivity contribution in [2.75, 3.05) is 0 Å². The van der Waals surface area contributed by atoms with E-state index in [-0.39, 0.29) is 0 Å². The van der Waals surface area contributed by atoms with Gasteiger partial charge in [0.1, 0.15) is 5.78 Å². The molecule has 1 N–H and O–H groups in total. The second kappa shape index (κ2) is 17.5. The minimum absolute atomic E-state index is 0.312. The monoisotopic (exact) mass is 326 g/mol. The third kappa shape index (κ3) is 19.1. The van der Waals surface area contributed by atoms with Gasteiger partial charge in [0.25, 0.3) is 0 Å². The smallest absolute Gasteiger partial charge is 0.303 e. The van der Waals surface area contributed by atoms with Gasteiger partial charge in [0.2, 0.25) is 0 Å². The number of aliphatic carboxylic acids is 1. The highest BCUT2D eigenvalue weighted by atomic mass is 16.4. The van der Waals surface area contributed by atoms with E-state index >= 15 is 0 Å². The number of hydrogen-bond acceptors (Lipinski definition) is 2. The van der Waals surface area contributed by atoms with Gasteiger partial charge in [0.05, 0.1) is 0 Å². The largest absolute Gasteiger partial charge is 0.481 e. The van der Waals surface area contributed by atoms with Crippen LogP contribution >= 0.6 is 0 Å². The topological polar surface area (TPSA) is 54.4 Å². The first kappa shape index (κ1) is 22.1. The molecular weight excluding hydrogens is 288 g/mol. The molecule has 0 bridgehead atoms. The first-order valence-corrected chi connectivity index (χ1v) is 9.90. The Morgan fingerprint density at radius 2 is 0.913 bits per heavy atom. The van der Waals surface area contributed by atoms with E-state index in [0.717, 1.165) is 44.9 Å². The lowest BCUT2D eigenvalue weighted by atomic mass is 10.0. The quantitative estimate of drug-likeness (QED) is 0.301. The summed E-state index contributed by atoms with van der Waals surface area (Å²) in [4.78, 5) is 22.1. The van der Waals surface area contributed by atoms with Gasteiger partial charge in [-0.25, -0.2) is 0 Å². The standard InChI is InChI=1S/C20H38O3/c1-2-3-4-10-13-16-19(21)17-14-11-8-6-5-7-9-12-15-18-20(22)23/h2-18H2,1H3,(H,22,23). The van der Waals surface area contributed by atoms with Crippen LogP contribution in [0.2, 0.25) is 0 Å². The summed E-state index contributed by atoms with van der Waals surface area (Å²) in [5, 5.41) is 8.53. The van der Waals surface area contributed by atoms with E-state index in [1.165, 1.54) is 57.8 Å². The van der Waals surface area contributed by atoms with Crippen molar-refractivity contribution in [1.82, 2.24) is 0 Å². The maximum Gasteiger partial charge on any atom is 0.303 e. The van der Waals surface area contributed by atoms with E-state index in [4.69, 9.17) is 5.11 Å². The van der Waals surface area contributed by atoms with Crippen LogP contribution < -0.4 is 0 Å². The molecule has 0 aromatic heterocycles. The third-order valence-corrected chi connectivity index (χ3v) is 4.41. The molecule has 0 aliphatic heterocycles. The van der Waals surface area contributed by atoms with Gasteiger partial charge in [-0.2, -0.15) is 0 Å². The van der Waals surface area contributed by atoms with Gasteiger partial charge in [0.15, 0.2) is 0 Å². The summed E-state index contributed by atoms with van der Waals surface area (Å²) in [6, 6.07) is 0. The predicted molar refractivity (Wildman–Crippen MR) is 96.8 cm³/mol. The van der Waals surface area contributed by atoms with E-state index in [1.807, 2.05) is 0 Å². The zero-order chi connectivity index (χ0) is 17.2. The average Bonchev–Trinajstić information content (AvgIpc) is 2.52. The van der Waals surface area contributed by atoms with Crippen LogP contribution in [0, 0.1) is 0 Å². The fraction of sp³-hybridized carbons (Fsp3) is 0.900. The SMILES string of the molecule is CCCCCCCC(=O)CCCCCCCCCCCC(=O)O. The Balaban J connectivity index is 3.14. The highest BCUT2D eigenvalue weighted by Crippen LogP contribution is 2.13. The number of carbonyl (C=O) groups excluding carboxylic acids is 1. The molecule has 136 valence electrons. The molecule has 0 aromatic rings. The molecular formula is C20H38O3. The molecule has 0 aromatic carbocycles. The van der Waals surface area contributed by atoms with Gasteiger partial charge in [-0.15, -0.1) is 0 Å². The second-order valence-corrected chi connectivity index (χ2v) is 6.78. The van der Waals surface area contributed by atoms with Crippen LogP contribution in [-0.2, 0) is 9.59 Å². The number of Topliss-reactive ketones (excluding diaryl/α,β-unsaturated/α-hetero) is 1. The maximum absolute atomic E-state index is 11.7. The summed E-state index contributed by atoms with van der Waals surface area (Å²) >= 11 is 0. The lowest BCUT2D eigenvalue weighted by Gasteiger charge is -2.03. The summed E-state index contributed by atoms with van der Waals surface area (Å²) in [5.74, 6) is -0.222. The molecule has 0 spiro atoms. The van der Waals surface area contributed by atoms with Crippen LogP contribution in [0.5, 0.6) is 0 Å². The fourth-order valence-corrected chi connectivity index (χ4v) is 2.89. The molecule has 0 fully saturated rings. The van der Waals surface area contributed by atoms with E-state index in [1.54, 1.807) is 0 Å². The molecule has 0 saturated carbocycles. The number of hydrogen-bond donors (Lipinski definition) is 1. The zero-order valence-electron chi connectivity index (χ0n) is 15.3. The fourth-order valence-electron chi connectivity index (χ4n) is 2.89. The van der Waals surface area contributed by atoms with Gasteiger partial charge in [-0.05, 0) is 19.3 Å². The van der Waals surface area contributed by atoms with Crippen LogP contribution in [0.1, 0.15) is 116 Å². The Hall–Kier alpha value is -0.860. The molecule has 3 heteroatoms. The maximum atomic E-state index is 11.7. The van der Waals surface area contributed by atoms with Crippen LogP contribution in [0.15, 0.2) is 0 Å². The molecule has 0 atom stereocenters. The van der Waals surface area contributed by atoms with Crippen molar-refractivity contribution in [2.24, 2.45) is 0 Å². The van der Waals surface area contributed by atoms with Crippen molar-refractivity contribution < 1.29 is 14.7 Å². The molecule has 0 saturated heterocycles. The van der Waals surface area contributed by atoms with Gasteiger partial charge < -0.3 is 5.11 Å². The lowest BCUT2D eigenvalue weighted by molar-refractivity contribution is -0.137. The molecule has 3 nitrogen and oxygen atoms in total. The lowest BCUT2D eigenvalue weighted by Crippen LogP contribution is -1.97. The van der Waals surface area contributed by atoms with E-state index < -0.39 is 5.97 Å². The third-order valence-electron chi connectivity index (χ3n) is 4.41. The number of carboxylic acid groups (broad SMARTS) is 1. The Bertz CT molecular complexity index is 287. The number of rotatable bonds is 18. The van der Waals surface area contributed by atoms with Crippen LogP contribution in [0.25, 0.3) is 0 Å². The van der Waals surface area contributed by atoms with E-state index in [9.17, 15) is 9.59 Å². The number of carboxylic acids is 1. The van der Waals surface area contributed by atoms with Crippen molar-refractivity contribution in [3.05, 3.63) is 0 Å². The van der Waals surface area contributed by atoms with Crippen LogP contribution in [0.4, 0.5) is 0 Å². The summed E-state index contributed by atoms with van der Waals surface area (Å²) in [5.41, 5.74) is 0. The Kier molecular flexibility index (Phi) is 16.8. The van der Waals surface area contributed by atoms with E-state index in [0.29, 0.717) is 12.2 Å². The van der Waals surface area contributed by atoms with Gasteiger partial charge in [-0.3, -0.25) is 9.59 Å². The molecule has 0 aliphatic carbocycles. The Labute approximate surface area is 143 Å². The molecule has 0 unspecified atom stereocenters. The number of ketones is 1. The Morgan fingerprint density at radius 1 is 0.565 bits per heavy atom. The summed E-state index contributed by atoms with van der Waals surface area (Å²) in [7, 11) is 0. The minimum Gasteiger partial charge on any atom is -0.481 e. The normalized spacial score (nSPS) is 10.8. The predicted octanol–water partition coefficient (Wildman–Crippen LogP) is 6.29. The zero-order valence-corrected chi connectivity index (χ0v) is 15.3. The van der Waals surface area contributed by atoms with Gasteiger partial charge in [-0.1, -0.05) is 77.6 Å². The first-order chi connectivity index (χ1) is 11.2. The molecule has 0 rings (SSSR count). The van der Waals surface area contributed by atoms with Crippen LogP contribution in [0.3, 0.4) is 0 Å². The summed E-state index contributed by atoms with van der Waals surface area (Å²) < 4.78 is 0. The molecule has 0 amide bonds. The summed E-state index contributed by atoms with van der Waals surface area (Å²) in [6.45, 7) is 2.21. The Morgan fingerprint density at radius 3 is 1.30 bits per heavy atom. The van der Waals surface area contributed by atoms with Crippen molar-refractivity contribution >= 4 is 11.8 Å². The molecule has 0 heterocycles. The van der Waals surface area contributed by atoms with Crippen molar-refractivity contribution in [1.29, 1.82) is 0 Å². The van der Waals surface area contributed by atoms with Crippen molar-refractivity contribution in [2.45, 2.75) is 116 Å². The highest BCUT2D eigenvalue weighted by molar-refractivity contribution is 5.78. The van der Waals surface area contributed by atoms with Crippen molar-refractivity contribution in [3.63, 3.8) is 0 Å². The minimum atomic E-state index is -0.680. The van der Waals surface area contributed by atoms with Gasteiger partial charge >= 0.3 is 5.97 Å². The highest BCUT2D eigenvalue weighted by Gasteiger charge is 2.02. The molecule has 0 radical (unpaired) electrons. The van der Waals surface area contributed by atoms with E-state index in [2.05, 4.69) is 6.92 Å². The van der Waals surface area contributed by atoms with Gasteiger partial charge in [0, 0.05) is 19.3 Å². The average molecular weight is 327 g/mol. The summed E-state index contributed by atoms with van der Waals surface area (Å²) in [6.07, 6.45) is 18.2. The second-order valence-electron chi connectivity index (χ2n) is 6.78. The first-order valence-electron chi connectivity index (χ1n) is 9.90.